The monoisotopic (exact) mass is 362 g/mol. The van der Waals surface area contributed by atoms with Crippen LogP contribution in [-0.2, 0) is 12.6 Å². The second-order valence-corrected chi connectivity index (χ2v) is 6.15. The van der Waals surface area contributed by atoms with E-state index in [-0.39, 0.29) is 5.52 Å². The topological polar surface area (TPSA) is 51.0 Å². The van der Waals surface area contributed by atoms with Crippen molar-refractivity contribution in [2.24, 2.45) is 5.73 Å². The van der Waals surface area contributed by atoms with Crippen molar-refractivity contribution in [1.82, 2.24) is 4.98 Å². The Balaban J connectivity index is 2.25. The van der Waals surface area contributed by atoms with Gasteiger partial charge in [-0.05, 0) is 49.6 Å². The highest BCUT2D eigenvalue weighted by atomic mass is 19.4. The predicted molar refractivity (Wildman–Crippen MR) is 97.3 cm³/mol. The minimum Gasteiger partial charge on any atom is -0.496 e. The maximum Gasteiger partial charge on any atom is 0.418 e. The Kier molecular flexibility index (Phi) is 5.23. The third kappa shape index (κ3) is 3.42. The number of aromatic amines is 1. The lowest BCUT2D eigenvalue weighted by atomic mass is 9.99. The summed E-state index contributed by atoms with van der Waals surface area (Å²) in [6.07, 6.45) is -2.15. The van der Waals surface area contributed by atoms with Gasteiger partial charge in [0.1, 0.15) is 5.75 Å². The van der Waals surface area contributed by atoms with Crippen molar-refractivity contribution in [3.05, 3.63) is 53.6 Å². The average Bonchev–Trinajstić information content (AvgIpc) is 2.99. The number of H-pyrrole nitrogens is 1. The lowest BCUT2D eigenvalue weighted by molar-refractivity contribution is -0.136. The SMILES string of the molecule is COc1ccccc1-c1[nH]c2c(C(F)(F)F)cccc2c1CCCCN. The lowest BCUT2D eigenvalue weighted by Gasteiger charge is -2.09. The van der Waals surface area contributed by atoms with Crippen LogP contribution in [0, 0.1) is 0 Å². The molecule has 0 saturated carbocycles. The maximum absolute atomic E-state index is 13.5. The van der Waals surface area contributed by atoms with E-state index in [0.29, 0.717) is 29.8 Å². The summed E-state index contributed by atoms with van der Waals surface area (Å²) in [4.78, 5) is 3.03. The quantitative estimate of drug-likeness (QED) is 0.596. The van der Waals surface area contributed by atoms with Crippen LogP contribution in [0.25, 0.3) is 22.2 Å². The molecular weight excluding hydrogens is 341 g/mol. The van der Waals surface area contributed by atoms with E-state index in [1.54, 1.807) is 19.2 Å². The molecule has 0 aliphatic rings. The van der Waals surface area contributed by atoms with E-state index in [1.807, 2.05) is 18.2 Å². The summed E-state index contributed by atoms with van der Waals surface area (Å²) < 4.78 is 45.8. The lowest BCUT2D eigenvalue weighted by Crippen LogP contribution is -2.05. The number of hydrogen-bond acceptors (Lipinski definition) is 2. The van der Waals surface area contributed by atoms with Gasteiger partial charge in [0.05, 0.1) is 23.9 Å². The Morgan fingerprint density at radius 1 is 1.04 bits per heavy atom. The number of alkyl halides is 3. The minimum atomic E-state index is -4.42. The van der Waals surface area contributed by atoms with Gasteiger partial charge in [-0.2, -0.15) is 13.2 Å². The summed E-state index contributed by atoms with van der Waals surface area (Å²) in [7, 11) is 1.55. The van der Waals surface area contributed by atoms with E-state index in [9.17, 15) is 13.2 Å². The molecule has 0 saturated heterocycles. The van der Waals surface area contributed by atoms with Gasteiger partial charge in [0.2, 0.25) is 0 Å². The molecule has 26 heavy (non-hydrogen) atoms. The number of nitrogens with one attached hydrogen (secondary N) is 1. The highest BCUT2D eigenvalue weighted by Gasteiger charge is 2.34. The summed E-state index contributed by atoms with van der Waals surface area (Å²) >= 11 is 0. The first-order valence-electron chi connectivity index (χ1n) is 8.51. The van der Waals surface area contributed by atoms with Crippen molar-refractivity contribution in [2.45, 2.75) is 25.4 Å². The van der Waals surface area contributed by atoms with Gasteiger partial charge >= 0.3 is 6.18 Å². The molecule has 2 aromatic carbocycles. The molecular formula is C20H21F3N2O. The first-order chi connectivity index (χ1) is 12.5. The van der Waals surface area contributed by atoms with Gasteiger partial charge in [0, 0.05) is 10.9 Å². The number of benzene rings is 2. The second kappa shape index (κ2) is 7.41. The molecule has 1 aromatic heterocycles. The molecule has 3 N–H and O–H groups in total. The standard InChI is InChI=1S/C20H21F3N2O/c1-26-17-11-3-2-8-15(17)18-13(7-4-5-12-24)14-9-6-10-16(19(14)25-18)20(21,22)23/h2-3,6,8-11,25H,4-5,7,12,24H2,1H3. The average molecular weight is 362 g/mol. The number of halogens is 3. The van der Waals surface area contributed by atoms with E-state index < -0.39 is 11.7 Å². The molecule has 0 radical (unpaired) electrons. The fraction of sp³-hybridized carbons (Fsp3) is 0.300. The molecule has 1 heterocycles. The Morgan fingerprint density at radius 3 is 2.50 bits per heavy atom. The van der Waals surface area contributed by atoms with Crippen molar-refractivity contribution in [3.8, 4) is 17.0 Å². The van der Waals surface area contributed by atoms with Crippen molar-refractivity contribution < 1.29 is 17.9 Å². The van der Waals surface area contributed by atoms with E-state index in [1.165, 1.54) is 6.07 Å². The molecule has 3 aromatic rings. The van der Waals surface area contributed by atoms with Crippen molar-refractivity contribution >= 4 is 10.9 Å². The molecule has 138 valence electrons. The Labute approximate surface area is 150 Å². The van der Waals surface area contributed by atoms with Crippen molar-refractivity contribution in [2.75, 3.05) is 13.7 Å². The maximum atomic E-state index is 13.5. The number of methoxy groups -OCH3 is 1. The normalized spacial score (nSPS) is 11.9. The first kappa shape index (κ1) is 18.3. The zero-order valence-electron chi connectivity index (χ0n) is 14.5. The highest BCUT2D eigenvalue weighted by Crippen LogP contribution is 2.41. The molecule has 0 bridgehead atoms. The summed E-state index contributed by atoms with van der Waals surface area (Å²) in [6, 6.07) is 11.6. The molecule has 0 fully saturated rings. The number of ether oxygens (including phenoxy) is 1. The van der Waals surface area contributed by atoms with Gasteiger partial charge in [0.25, 0.3) is 0 Å². The van der Waals surface area contributed by atoms with Gasteiger partial charge in [-0.3, -0.25) is 0 Å². The molecule has 0 unspecified atom stereocenters. The highest BCUT2D eigenvalue weighted by molar-refractivity contribution is 5.94. The van der Waals surface area contributed by atoms with Crippen LogP contribution in [0.2, 0.25) is 0 Å². The molecule has 0 spiro atoms. The van der Waals surface area contributed by atoms with Crippen LogP contribution < -0.4 is 10.5 Å². The number of aromatic nitrogens is 1. The Bertz CT molecular complexity index is 900. The van der Waals surface area contributed by atoms with Crippen LogP contribution in [-0.4, -0.2) is 18.6 Å². The zero-order chi connectivity index (χ0) is 18.7. The Morgan fingerprint density at radius 2 is 1.81 bits per heavy atom. The Hall–Kier alpha value is -2.47. The van der Waals surface area contributed by atoms with Gasteiger partial charge in [0.15, 0.2) is 0 Å². The largest absolute Gasteiger partial charge is 0.496 e. The molecule has 6 heteroatoms. The smallest absolute Gasteiger partial charge is 0.418 e. The number of hydrogen-bond donors (Lipinski definition) is 2. The first-order valence-corrected chi connectivity index (χ1v) is 8.51. The van der Waals surface area contributed by atoms with Crippen LogP contribution in [0.4, 0.5) is 13.2 Å². The summed E-state index contributed by atoms with van der Waals surface area (Å²) in [6.45, 7) is 0.556. The third-order valence-corrected chi connectivity index (χ3v) is 4.50. The molecule has 0 atom stereocenters. The predicted octanol–water partition coefficient (Wildman–Crippen LogP) is 5.14. The third-order valence-electron chi connectivity index (χ3n) is 4.50. The summed E-state index contributed by atoms with van der Waals surface area (Å²) in [5, 5.41) is 0.595. The van der Waals surface area contributed by atoms with Crippen molar-refractivity contribution in [3.63, 3.8) is 0 Å². The number of para-hydroxylation sites is 2. The number of rotatable bonds is 6. The van der Waals surface area contributed by atoms with Gasteiger partial charge in [-0.15, -0.1) is 0 Å². The fourth-order valence-corrected chi connectivity index (χ4v) is 3.30. The van der Waals surface area contributed by atoms with Gasteiger partial charge < -0.3 is 15.5 Å². The summed E-state index contributed by atoms with van der Waals surface area (Å²) in [5.74, 6) is 0.618. The van der Waals surface area contributed by atoms with Gasteiger partial charge in [-0.1, -0.05) is 24.3 Å². The number of unbranched alkanes of at least 4 members (excludes halogenated alkanes) is 1. The van der Waals surface area contributed by atoms with E-state index in [2.05, 4.69) is 4.98 Å². The van der Waals surface area contributed by atoms with Crippen LogP contribution >= 0.6 is 0 Å². The second-order valence-electron chi connectivity index (χ2n) is 6.15. The van der Waals surface area contributed by atoms with E-state index in [0.717, 1.165) is 30.0 Å². The van der Waals surface area contributed by atoms with Crippen LogP contribution in [0.1, 0.15) is 24.0 Å². The fourth-order valence-electron chi connectivity index (χ4n) is 3.30. The summed E-state index contributed by atoms with van der Waals surface area (Å²) in [5.41, 5.74) is 7.33. The number of fused-ring (bicyclic) bond motifs is 1. The van der Waals surface area contributed by atoms with Crippen LogP contribution in [0.15, 0.2) is 42.5 Å². The minimum absolute atomic E-state index is 0.114. The molecule has 3 rings (SSSR count). The molecule has 0 aliphatic carbocycles. The van der Waals surface area contributed by atoms with Crippen molar-refractivity contribution in [1.29, 1.82) is 0 Å². The van der Waals surface area contributed by atoms with Gasteiger partial charge in [-0.25, -0.2) is 0 Å². The molecule has 3 nitrogen and oxygen atoms in total. The number of nitrogens with two attached hydrogens (primary N) is 1. The molecule has 0 amide bonds. The number of aryl methyl sites for hydroxylation is 1. The molecule has 0 aliphatic heterocycles. The zero-order valence-corrected chi connectivity index (χ0v) is 14.5. The van der Waals surface area contributed by atoms with E-state index in [4.69, 9.17) is 10.5 Å². The van der Waals surface area contributed by atoms with E-state index >= 15 is 0 Å². The van der Waals surface area contributed by atoms with Crippen LogP contribution in [0.5, 0.6) is 5.75 Å². The van der Waals surface area contributed by atoms with Crippen LogP contribution in [0.3, 0.4) is 0 Å².